The molecule has 1 heterocycles. The fourth-order valence-corrected chi connectivity index (χ4v) is 3.55. The molecule has 1 saturated heterocycles. The molecule has 0 saturated carbocycles. The highest BCUT2D eigenvalue weighted by Gasteiger charge is 2.30. The molecule has 0 bridgehead atoms. The van der Waals surface area contributed by atoms with Crippen molar-refractivity contribution in [1.29, 1.82) is 0 Å². The summed E-state index contributed by atoms with van der Waals surface area (Å²) < 4.78 is 37.9. The molecule has 1 atom stereocenters. The van der Waals surface area contributed by atoms with E-state index in [1.54, 1.807) is 7.05 Å². The van der Waals surface area contributed by atoms with E-state index in [1.807, 2.05) is 0 Å². The van der Waals surface area contributed by atoms with E-state index >= 15 is 0 Å². The number of hydrogen-bond acceptors (Lipinski definition) is 3. The Morgan fingerprint density at radius 1 is 1.07 bits per heavy atom. The Morgan fingerprint density at radius 2 is 1.67 bits per heavy atom. The maximum Gasteiger partial charge on any atom is 0.416 e. The molecule has 5 nitrogen and oxygen atoms in total. The van der Waals surface area contributed by atoms with Gasteiger partial charge in [0.25, 0.3) is 0 Å². The Kier molecular flexibility index (Phi) is 11.4. The van der Waals surface area contributed by atoms with Gasteiger partial charge in [0.05, 0.1) is 5.56 Å². The van der Waals surface area contributed by atoms with Crippen LogP contribution in [0.1, 0.15) is 25.0 Å². The number of rotatable bonds is 7. The number of hydrogen-bond donors (Lipinski definition) is 2. The van der Waals surface area contributed by atoms with Crippen LogP contribution in [-0.4, -0.2) is 75.2 Å². The molecule has 0 aromatic heterocycles. The Morgan fingerprint density at radius 3 is 2.17 bits per heavy atom. The van der Waals surface area contributed by atoms with Gasteiger partial charge in [0.15, 0.2) is 5.96 Å². The van der Waals surface area contributed by atoms with E-state index in [-0.39, 0.29) is 24.0 Å². The molecule has 1 aliphatic heterocycles. The number of likely N-dealkylation sites (N-methyl/N-ethyl adjacent to an activating group) is 1. The van der Waals surface area contributed by atoms with Gasteiger partial charge in [0.2, 0.25) is 0 Å². The number of nitrogens with one attached hydrogen (secondary N) is 2. The summed E-state index contributed by atoms with van der Waals surface area (Å²) in [6, 6.07) is 5.75. The van der Waals surface area contributed by atoms with Crippen LogP contribution in [0.25, 0.3) is 0 Å². The minimum Gasteiger partial charge on any atom is -0.356 e. The topological polar surface area (TPSA) is 42.9 Å². The maximum absolute atomic E-state index is 12.6. The Labute approximate surface area is 195 Å². The van der Waals surface area contributed by atoms with Gasteiger partial charge in [0.1, 0.15) is 0 Å². The van der Waals surface area contributed by atoms with Crippen LogP contribution in [0.3, 0.4) is 0 Å². The van der Waals surface area contributed by atoms with E-state index < -0.39 is 11.7 Å². The van der Waals surface area contributed by atoms with Crippen LogP contribution in [0.5, 0.6) is 0 Å². The second kappa shape index (κ2) is 12.7. The second-order valence-electron chi connectivity index (χ2n) is 7.98. The van der Waals surface area contributed by atoms with Crippen molar-refractivity contribution >= 4 is 29.9 Å². The molecule has 172 valence electrons. The minimum atomic E-state index is -4.29. The zero-order valence-electron chi connectivity index (χ0n) is 18.3. The normalized spacial score (nSPS) is 17.5. The quantitative estimate of drug-likeness (QED) is 0.316. The van der Waals surface area contributed by atoms with Crippen molar-refractivity contribution in [3.05, 3.63) is 35.4 Å². The van der Waals surface area contributed by atoms with Crippen LogP contribution in [-0.2, 0) is 12.6 Å². The van der Waals surface area contributed by atoms with E-state index in [4.69, 9.17) is 0 Å². The lowest BCUT2D eigenvalue weighted by atomic mass is 10.0. The summed E-state index contributed by atoms with van der Waals surface area (Å²) in [4.78, 5) is 9.16. The zero-order chi connectivity index (χ0) is 21.4. The molecular weight excluding hydrogens is 506 g/mol. The van der Waals surface area contributed by atoms with Gasteiger partial charge in [-0.15, -0.1) is 24.0 Å². The lowest BCUT2D eigenvalue weighted by Gasteiger charge is -2.40. The third-order valence-corrected chi connectivity index (χ3v) is 5.47. The maximum atomic E-state index is 12.6. The standard InChI is InChI=1S/C21H34F3N5.HI/c1-16(2)19(29-13-11-28(4)12-14-29)15-27-20(25-3)26-10-9-17-5-7-18(8-6-17)21(22,23)24;/h5-8,16,19H,9-15H2,1-4H3,(H2,25,26,27);1H. The zero-order valence-corrected chi connectivity index (χ0v) is 20.6. The molecule has 1 aromatic rings. The number of alkyl halides is 3. The van der Waals surface area contributed by atoms with Crippen LogP contribution in [0.2, 0.25) is 0 Å². The average molecular weight is 541 g/mol. The predicted molar refractivity (Wildman–Crippen MR) is 128 cm³/mol. The molecule has 1 aliphatic rings. The fraction of sp³-hybridized carbons (Fsp3) is 0.667. The van der Waals surface area contributed by atoms with Crippen LogP contribution < -0.4 is 10.6 Å². The van der Waals surface area contributed by atoms with Gasteiger partial charge in [-0.2, -0.15) is 13.2 Å². The first-order valence-corrected chi connectivity index (χ1v) is 10.2. The first-order chi connectivity index (χ1) is 13.7. The number of piperazine rings is 1. The van der Waals surface area contributed by atoms with Gasteiger partial charge < -0.3 is 15.5 Å². The molecule has 1 fully saturated rings. The molecule has 2 N–H and O–H groups in total. The van der Waals surface area contributed by atoms with Crippen LogP contribution in [0, 0.1) is 5.92 Å². The van der Waals surface area contributed by atoms with Crippen molar-refractivity contribution in [3.63, 3.8) is 0 Å². The van der Waals surface area contributed by atoms with Crippen molar-refractivity contribution in [3.8, 4) is 0 Å². The number of benzene rings is 1. The molecule has 30 heavy (non-hydrogen) atoms. The minimum absolute atomic E-state index is 0. The lowest BCUT2D eigenvalue weighted by molar-refractivity contribution is -0.137. The largest absolute Gasteiger partial charge is 0.416 e. The van der Waals surface area contributed by atoms with Gasteiger partial charge in [-0.05, 0) is 37.1 Å². The van der Waals surface area contributed by atoms with Crippen molar-refractivity contribution < 1.29 is 13.2 Å². The number of nitrogens with zero attached hydrogens (tertiary/aromatic N) is 3. The summed E-state index contributed by atoms with van der Waals surface area (Å²) in [5, 5.41) is 6.67. The van der Waals surface area contributed by atoms with Gasteiger partial charge >= 0.3 is 6.18 Å². The summed E-state index contributed by atoms with van der Waals surface area (Å²) in [6.07, 6.45) is -3.66. The highest BCUT2D eigenvalue weighted by Crippen LogP contribution is 2.29. The fourth-order valence-electron chi connectivity index (χ4n) is 3.55. The third-order valence-electron chi connectivity index (χ3n) is 5.47. The first kappa shape index (κ1) is 27.0. The Bertz CT molecular complexity index is 641. The Balaban J connectivity index is 0.00000450. The van der Waals surface area contributed by atoms with Crippen molar-refractivity contribution in [2.24, 2.45) is 10.9 Å². The molecule has 0 radical (unpaired) electrons. The second-order valence-corrected chi connectivity index (χ2v) is 7.98. The predicted octanol–water partition coefficient (Wildman–Crippen LogP) is 3.30. The van der Waals surface area contributed by atoms with E-state index in [2.05, 4.69) is 46.3 Å². The van der Waals surface area contributed by atoms with E-state index in [0.29, 0.717) is 24.9 Å². The van der Waals surface area contributed by atoms with Crippen LogP contribution in [0.4, 0.5) is 13.2 Å². The van der Waals surface area contributed by atoms with Gasteiger partial charge in [0, 0.05) is 52.4 Å². The van der Waals surface area contributed by atoms with Crippen molar-refractivity contribution in [2.75, 3.05) is 53.4 Å². The number of halogens is 4. The molecule has 0 spiro atoms. The lowest BCUT2D eigenvalue weighted by Crippen LogP contribution is -2.55. The number of aliphatic imine (C=N–C) groups is 1. The van der Waals surface area contributed by atoms with Gasteiger partial charge in [-0.3, -0.25) is 9.89 Å². The summed E-state index contributed by atoms with van der Waals surface area (Å²) in [5.74, 6) is 1.24. The monoisotopic (exact) mass is 541 g/mol. The molecule has 1 aromatic carbocycles. The van der Waals surface area contributed by atoms with Crippen molar-refractivity contribution in [1.82, 2.24) is 20.4 Å². The van der Waals surface area contributed by atoms with Gasteiger partial charge in [-0.25, -0.2) is 0 Å². The molecule has 2 rings (SSSR count). The summed E-state index contributed by atoms with van der Waals surface area (Å²) in [6.45, 7) is 10.2. The van der Waals surface area contributed by atoms with Crippen LogP contribution in [0.15, 0.2) is 29.3 Å². The molecule has 0 amide bonds. The summed E-state index contributed by atoms with van der Waals surface area (Å²) in [7, 11) is 3.89. The SMILES string of the molecule is CN=C(NCCc1ccc(C(F)(F)F)cc1)NCC(C(C)C)N1CCN(C)CC1.I. The van der Waals surface area contributed by atoms with E-state index in [1.165, 1.54) is 12.1 Å². The third kappa shape index (κ3) is 8.58. The molecule has 1 unspecified atom stereocenters. The van der Waals surface area contributed by atoms with Crippen molar-refractivity contribution in [2.45, 2.75) is 32.5 Å². The summed E-state index contributed by atoms with van der Waals surface area (Å²) >= 11 is 0. The van der Waals surface area contributed by atoms with Crippen LogP contribution >= 0.6 is 24.0 Å². The highest BCUT2D eigenvalue weighted by atomic mass is 127. The molecular formula is C21H35F3IN5. The summed E-state index contributed by atoms with van der Waals surface area (Å²) in [5.41, 5.74) is 0.244. The molecule has 9 heteroatoms. The highest BCUT2D eigenvalue weighted by molar-refractivity contribution is 14.0. The number of guanidine groups is 1. The van der Waals surface area contributed by atoms with E-state index in [0.717, 1.165) is 56.4 Å². The Hall–Kier alpha value is -1.07. The average Bonchev–Trinajstić information content (AvgIpc) is 2.67. The van der Waals surface area contributed by atoms with Gasteiger partial charge in [-0.1, -0.05) is 26.0 Å². The van der Waals surface area contributed by atoms with E-state index in [9.17, 15) is 13.2 Å². The molecule has 0 aliphatic carbocycles. The first-order valence-electron chi connectivity index (χ1n) is 10.2. The smallest absolute Gasteiger partial charge is 0.356 e.